The van der Waals surface area contributed by atoms with Crippen molar-refractivity contribution in [3.8, 4) is 23.3 Å². The molecule has 1 saturated heterocycles. The Hall–Kier alpha value is -3.96. The second kappa shape index (κ2) is 14.9. The molecule has 10 nitrogen and oxygen atoms in total. The Morgan fingerprint density at radius 2 is 1.84 bits per heavy atom. The Morgan fingerprint density at radius 1 is 1.12 bits per heavy atom. The first-order valence-electron chi connectivity index (χ1n) is 16.6. The van der Waals surface area contributed by atoms with Gasteiger partial charge in [0.2, 0.25) is 5.28 Å². The first-order valence-corrected chi connectivity index (χ1v) is 17.0. The minimum Gasteiger partial charge on any atom is -0.490 e. The highest BCUT2D eigenvalue weighted by molar-refractivity contribution is 6.67. The molecule has 0 unspecified atom stereocenters. The van der Waals surface area contributed by atoms with Crippen molar-refractivity contribution >= 4 is 30.4 Å². The number of ether oxygens (including phenoxy) is 2. The SMILES string of the molecule is CC.CC(C)N(C)C1CC(F)(F)C1.N#CB1Cc2nccc(OC3CC4(C3)CN(c3nc(Cl)nnc3Oc3ccc(F)cc3C=O)C4)c2C1. The van der Waals surface area contributed by atoms with Gasteiger partial charge in [0, 0.05) is 66.9 Å². The first kappa shape index (κ1) is 36.3. The predicted molar refractivity (Wildman–Crippen MR) is 180 cm³/mol. The van der Waals surface area contributed by atoms with Crippen molar-refractivity contribution < 1.29 is 27.4 Å². The summed E-state index contributed by atoms with van der Waals surface area (Å²) < 4.78 is 50.4. The van der Waals surface area contributed by atoms with Crippen molar-refractivity contribution in [1.82, 2.24) is 25.1 Å². The number of pyridine rings is 1. The number of hydrogen-bond acceptors (Lipinski definition) is 10. The lowest BCUT2D eigenvalue weighted by Crippen LogP contribution is -2.65. The predicted octanol–water partition coefficient (Wildman–Crippen LogP) is 6.60. The van der Waals surface area contributed by atoms with E-state index in [4.69, 9.17) is 21.1 Å². The molecule has 2 aliphatic heterocycles. The number of carbonyl (C=O) groups is 1. The molecule has 2 aromatic heterocycles. The van der Waals surface area contributed by atoms with Gasteiger partial charge in [-0.25, -0.2) is 18.4 Å². The molecule has 0 radical (unpaired) electrons. The maximum Gasteiger partial charge on any atom is 0.282 e. The Kier molecular flexibility index (Phi) is 11.0. The van der Waals surface area contributed by atoms with Gasteiger partial charge in [0.15, 0.2) is 12.1 Å². The average molecular weight is 698 g/mol. The van der Waals surface area contributed by atoms with Crippen LogP contribution in [0.5, 0.6) is 17.4 Å². The molecule has 7 rings (SSSR count). The summed E-state index contributed by atoms with van der Waals surface area (Å²) >= 11 is 6.01. The monoisotopic (exact) mass is 697 g/mol. The molecule has 3 fully saturated rings. The number of nitriles is 1. The molecule has 2 aliphatic carbocycles. The van der Waals surface area contributed by atoms with Crippen LogP contribution in [0.4, 0.5) is 19.0 Å². The average Bonchev–Trinajstić information content (AvgIpc) is 3.47. The van der Waals surface area contributed by atoms with Crippen LogP contribution in [-0.2, 0) is 12.6 Å². The number of anilines is 1. The number of nitrogens with zero attached hydrogens (tertiary/aromatic N) is 7. The number of alkyl halides is 2. The van der Waals surface area contributed by atoms with Crippen LogP contribution in [0.25, 0.3) is 0 Å². The molecule has 260 valence electrons. The number of hydrogen-bond donors (Lipinski definition) is 0. The smallest absolute Gasteiger partial charge is 0.282 e. The molecule has 3 aromatic rings. The summed E-state index contributed by atoms with van der Waals surface area (Å²) in [5.41, 5.74) is 2.16. The van der Waals surface area contributed by atoms with Crippen LogP contribution < -0.4 is 14.4 Å². The molecular formula is C34H40BClF3N7O3. The molecule has 0 atom stereocenters. The van der Waals surface area contributed by atoms with Crippen LogP contribution in [0, 0.1) is 22.5 Å². The second-order valence-electron chi connectivity index (χ2n) is 13.3. The number of rotatable bonds is 8. The number of halogens is 4. The molecule has 0 N–H and O–H groups in total. The molecule has 1 aromatic carbocycles. The van der Waals surface area contributed by atoms with Gasteiger partial charge in [-0.1, -0.05) is 13.8 Å². The summed E-state index contributed by atoms with van der Waals surface area (Å²) in [5.74, 6) is 0.909. The number of benzene rings is 1. The van der Waals surface area contributed by atoms with Gasteiger partial charge in [-0.05, 0) is 82.2 Å². The maximum atomic E-state index is 13.5. The molecule has 4 aliphatic rings. The quantitative estimate of drug-likeness (QED) is 0.188. The minimum atomic E-state index is -2.38. The number of aldehydes is 1. The van der Waals surface area contributed by atoms with Crippen LogP contribution in [0.1, 0.15) is 75.0 Å². The molecule has 1 spiro atoms. The van der Waals surface area contributed by atoms with Crippen LogP contribution in [0.2, 0.25) is 5.28 Å². The zero-order valence-corrected chi connectivity index (χ0v) is 29.1. The van der Waals surface area contributed by atoms with E-state index < -0.39 is 11.7 Å². The Balaban J connectivity index is 0.000000306. The van der Waals surface area contributed by atoms with E-state index in [1.165, 1.54) is 12.1 Å². The summed E-state index contributed by atoms with van der Waals surface area (Å²) in [7, 11) is 1.91. The van der Waals surface area contributed by atoms with E-state index >= 15 is 0 Å². The number of fused-ring (bicyclic) bond motifs is 1. The lowest BCUT2D eigenvalue weighted by Gasteiger charge is -2.58. The zero-order valence-electron chi connectivity index (χ0n) is 28.3. The molecular weight excluding hydrogens is 658 g/mol. The van der Waals surface area contributed by atoms with E-state index in [9.17, 15) is 23.2 Å². The standard InChI is InChI=1S/C24H19BClFN6O3.C8H15F2N.C2H6/c26-23-30-21(22(31-32-23)36-19-2-1-15(27)5-14(19)10-34)33-11-24(12-33)6-16(7-24)35-20-3-4-29-18-9-25(13-28)8-17(18)20;1-6(2)11(3)7-4-8(9,10)5-7;1-2/h1-5,10,16H,6-9,11-12H2;6-7H,4-5H2,1-3H3;1-2H3. The van der Waals surface area contributed by atoms with Crippen LogP contribution in [-0.4, -0.2) is 82.3 Å². The van der Waals surface area contributed by atoms with E-state index in [1.54, 1.807) is 6.20 Å². The summed E-state index contributed by atoms with van der Waals surface area (Å²) in [4.78, 5) is 24.1. The first-order chi connectivity index (χ1) is 23.4. The summed E-state index contributed by atoms with van der Waals surface area (Å²) in [6.07, 6.45) is 5.58. The van der Waals surface area contributed by atoms with Crippen molar-refractivity contribution in [1.29, 1.82) is 5.26 Å². The lowest BCUT2D eigenvalue weighted by molar-refractivity contribution is -0.124. The fraction of sp³-hybridized carbons (Fsp3) is 0.529. The molecule has 4 heterocycles. The third-order valence-corrected chi connectivity index (χ3v) is 9.68. The zero-order chi connectivity index (χ0) is 35.5. The van der Waals surface area contributed by atoms with E-state index in [0.29, 0.717) is 43.9 Å². The molecule has 15 heteroatoms. The van der Waals surface area contributed by atoms with Crippen molar-refractivity contribution in [2.24, 2.45) is 5.41 Å². The number of aromatic nitrogens is 4. The van der Waals surface area contributed by atoms with Crippen molar-refractivity contribution in [3.63, 3.8) is 0 Å². The van der Waals surface area contributed by atoms with Crippen LogP contribution >= 0.6 is 11.6 Å². The fourth-order valence-electron chi connectivity index (χ4n) is 6.71. The third-order valence-electron chi connectivity index (χ3n) is 9.52. The lowest BCUT2D eigenvalue weighted by atomic mass is 9.49. The Morgan fingerprint density at radius 3 is 2.47 bits per heavy atom. The van der Waals surface area contributed by atoms with Crippen molar-refractivity contribution in [2.75, 3.05) is 25.0 Å². The van der Waals surface area contributed by atoms with Gasteiger partial charge in [-0.3, -0.25) is 9.78 Å². The molecule has 0 bridgehead atoms. The van der Waals surface area contributed by atoms with Gasteiger partial charge in [0.05, 0.1) is 5.56 Å². The Labute approximate surface area is 290 Å². The summed E-state index contributed by atoms with van der Waals surface area (Å²) in [6, 6.07) is 6.01. The highest BCUT2D eigenvalue weighted by Gasteiger charge is 2.55. The second-order valence-corrected chi connectivity index (χ2v) is 13.6. The summed E-state index contributed by atoms with van der Waals surface area (Å²) in [5, 5.41) is 17.0. The van der Waals surface area contributed by atoms with E-state index in [2.05, 4.69) is 26.1 Å². The van der Waals surface area contributed by atoms with Gasteiger partial charge in [0.1, 0.15) is 23.4 Å². The van der Waals surface area contributed by atoms with Gasteiger partial charge in [0.25, 0.3) is 18.5 Å². The summed E-state index contributed by atoms with van der Waals surface area (Å²) in [6.45, 7) is 9.44. The molecule has 49 heavy (non-hydrogen) atoms. The highest BCUT2D eigenvalue weighted by Crippen LogP contribution is 2.52. The highest BCUT2D eigenvalue weighted by atomic mass is 35.5. The molecule has 2 saturated carbocycles. The topological polar surface area (TPSA) is 117 Å². The van der Waals surface area contributed by atoms with Gasteiger partial charge < -0.3 is 19.3 Å². The molecule has 0 amide bonds. The maximum absolute atomic E-state index is 13.5. The normalized spacial score (nSPS) is 19.7. The van der Waals surface area contributed by atoms with E-state index in [0.717, 1.165) is 35.9 Å². The van der Waals surface area contributed by atoms with Crippen LogP contribution in [0.15, 0.2) is 30.5 Å². The van der Waals surface area contributed by atoms with Gasteiger partial charge >= 0.3 is 0 Å². The van der Waals surface area contributed by atoms with Gasteiger partial charge in [-0.2, -0.15) is 4.98 Å². The van der Waals surface area contributed by atoms with Crippen LogP contribution in [0.3, 0.4) is 0 Å². The van der Waals surface area contributed by atoms with Crippen molar-refractivity contribution in [2.45, 2.75) is 90.1 Å². The van der Waals surface area contributed by atoms with E-state index in [1.807, 2.05) is 50.6 Å². The third kappa shape index (κ3) is 8.10. The number of carbonyl (C=O) groups excluding carboxylic acids is 1. The Bertz CT molecular complexity index is 1690. The van der Waals surface area contributed by atoms with E-state index in [-0.39, 0.29) is 59.6 Å². The van der Waals surface area contributed by atoms with Gasteiger partial charge in [-0.15, -0.1) is 10.2 Å². The van der Waals surface area contributed by atoms with Crippen molar-refractivity contribution in [3.05, 3.63) is 58.4 Å². The minimum absolute atomic E-state index is 0.0231. The largest absolute Gasteiger partial charge is 0.490 e. The fourth-order valence-corrected chi connectivity index (χ4v) is 6.83.